The monoisotopic (exact) mass is 398 g/mol. The second-order valence-electron chi connectivity index (χ2n) is 6.03. The molecule has 0 saturated heterocycles. The lowest BCUT2D eigenvalue weighted by molar-refractivity contribution is 0.391. The van der Waals surface area contributed by atoms with Crippen LogP contribution in [0.15, 0.2) is 55.6 Å². The molecule has 0 atom stereocenters. The maximum Gasteiger partial charge on any atom is 0.262 e. The number of rotatable bonds is 7. The zero-order chi connectivity index (χ0) is 18.6. The van der Waals surface area contributed by atoms with Crippen molar-refractivity contribution in [3.63, 3.8) is 0 Å². The summed E-state index contributed by atoms with van der Waals surface area (Å²) in [5, 5.41) is 9.32. The maximum atomic E-state index is 12.9. The van der Waals surface area contributed by atoms with E-state index in [1.54, 1.807) is 15.9 Å². The van der Waals surface area contributed by atoms with Gasteiger partial charge in [0.15, 0.2) is 5.16 Å². The molecule has 4 rings (SSSR count). The number of hydrogen-bond acceptors (Lipinski definition) is 7. The Hall–Kier alpha value is -2.45. The van der Waals surface area contributed by atoms with E-state index in [4.69, 9.17) is 9.51 Å². The third-order valence-corrected chi connectivity index (χ3v) is 5.78. The standard InChI is InChI=1S/C19H18N4O2S2/c1-2-3-9-23-18(24)14-6-4-5-7-15(14)20-19(23)27-12-16-21-17(22-25-16)13-8-10-26-11-13/h4-8,10-11H,2-3,9,12H2,1H3. The lowest BCUT2D eigenvalue weighted by Gasteiger charge is -2.12. The van der Waals surface area contributed by atoms with E-state index in [-0.39, 0.29) is 5.56 Å². The van der Waals surface area contributed by atoms with Gasteiger partial charge in [-0.05, 0) is 30.0 Å². The van der Waals surface area contributed by atoms with E-state index in [1.807, 2.05) is 41.1 Å². The number of aromatic nitrogens is 4. The molecular formula is C19H18N4O2S2. The minimum Gasteiger partial charge on any atom is -0.338 e. The molecule has 3 heterocycles. The quantitative estimate of drug-likeness (QED) is 0.335. The minimum absolute atomic E-state index is 0.000964. The van der Waals surface area contributed by atoms with Gasteiger partial charge in [-0.15, -0.1) is 0 Å². The van der Waals surface area contributed by atoms with E-state index in [0.29, 0.717) is 40.1 Å². The highest BCUT2D eigenvalue weighted by atomic mass is 32.2. The van der Waals surface area contributed by atoms with Gasteiger partial charge in [-0.1, -0.05) is 42.4 Å². The van der Waals surface area contributed by atoms with Gasteiger partial charge in [0.1, 0.15) is 0 Å². The molecule has 0 aliphatic carbocycles. The first-order valence-electron chi connectivity index (χ1n) is 8.74. The zero-order valence-corrected chi connectivity index (χ0v) is 16.4. The smallest absolute Gasteiger partial charge is 0.262 e. The second kappa shape index (κ2) is 8.06. The molecule has 0 N–H and O–H groups in total. The van der Waals surface area contributed by atoms with Crippen LogP contribution in [0.3, 0.4) is 0 Å². The third kappa shape index (κ3) is 3.81. The fourth-order valence-electron chi connectivity index (χ4n) is 2.72. The van der Waals surface area contributed by atoms with Gasteiger partial charge in [0.25, 0.3) is 5.56 Å². The summed E-state index contributed by atoms with van der Waals surface area (Å²) in [6.07, 6.45) is 1.94. The van der Waals surface area contributed by atoms with Crippen molar-refractivity contribution in [2.75, 3.05) is 0 Å². The number of hydrogen-bond donors (Lipinski definition) is 0. The first-order valence-corrected chi connectivity index (χ1v) is 10.7. The fraction of sp³-hybridized carbons (Fsp3) is 0.263. The summed E-state index contributed by atoms with van der Waals surface area (Å²) in [6.45, 7) is 2.76. The number of fused-ring (bicyclic) bond motifs is 1. The van der Waals surface area contributed by atoms with Gasteiger partial charge in [-0.25, -0.2) is 4.98 Å². The van der Waals surface area contributed by atoms with Gasteiger partial charge in [0.05, 0.1) is 16.7 Å². The van der Waals surface area contributed by atoms with Crippen LogP contribution in [0.2, 0.25) is 0 Å². The van der Waals surface area contributed by atoms with E-state index in [0.717, 1.165) is 18.4 Å². The molecule has 0 amide bonds. The van der Waals surface area contributed by atoms with E-state index >= 15 is 0 Å². The largest absolute Gasteiger partial charge is 0.338 e. The van der Waals surface area contributed by atoms with E-state index < -0.39 is 0 Å². The van der Waals surface area contributed by atoms with Crippen molar-refractivity contribution in [1.82, 2.24) is 19.7 Å². The van der Waals surface area contributed by atoms with Crippen molar-refractivity contribution in [2.24, 2.45) is 0 Å². The molecule has 0 radical (unpaired) electrons. The van der Waals surface area contributed by atoms with Crippen LogP contribution in [0, 0.1) is 0 Å². The number of unbranched alkanes of at least 4 members (excludes halogenated alkanes) is 1. The molecule has 1 aromatic carbocycles. The summed E-state index contributed by atoms with van der Waals surface area (Å²) < 4.78 is 7.11. The number of benzene rings is 1. The maximum absolute atomic E-state index is 12.9. The van der Waals surface area contributed by atoms with Crippen LogP contribution in [-0.4, -0.2) is 19.7 Å². The van der Waals surface area contributed by atoms with Crippen LogP contribution in [0.4, 0.5) is 0 Å². The highest BCUT2D eigenvalue weighted by Gasteiger charge is 2.14. The van der Waals surface area contributed by atoms with Gasteiger partial charge in [0, 0.05) is 17.5 Å². The van der Waals surface area contributed by atoms with Crippen LogP contribution in [0.25, 0.3) is 22.3 Å². The summed E-state index contributed by atoms with van der Waals surface area (Å²) in [5.74, 6) is 1.57. The topological polar surface area (TPSA) is 73.8 Å². The molecule has 0 aliphatic heterocycles. The van der Waals surface area contributed by atoms with Crippen LogP contribution in [-0.2, 0) is 12.3 Å². The number of thiophene rings is 1. The summed E-state index contributed by atoms with van der Waals surface area (Å²) in [7, 11) is 0. The molecule has 27 heavy (non-hydrogen) atoms. The lowest BCUT2D eigenvalue weighted by atomic mass is 10.2. The Kier molecular flexibility index (Phi) is 5.35. The molecule has 8 heteroatoms. The molecule has 6 nitrogen and oxygen atoms in total. The van der Waals surface area contributed by atoms with Crippen LogP contribution in [0.1, 0.15) is 25.7 Å². The van der Waals surface area contributed by atoms with E-state index in [1.165, 1.54) is 11.8 Å². The van der Waals surface area contributed by atoms with Crippen molar-refractivity contribution in [1.29, 1.82) is 0 Å². The Bertz CT molecular complexity index is 1100. The summed E-state index contributed by atoms with van der Waals surface area (Å²) in [4.78, 5) is 22.0. The van der Waals surface area contributed by atoms with Crippen LogP contribution >= 0.6 is 23.1 Å². The normalized spacial score (nSPS) is 11.3. The summed E-state index contributed by atoms with van der Waals surface area (Å²) in [5.41, 5.74) is 1.66. The van der Waals surface area contributed by atoms with Gasteiger partial charge < -0.3 is 4.52 Å². The van der Waals surface area contributed by atoms with E-state index in [2.05, 4.69) is 17.1 Å². The average molecular weight is 399 g/mol. The molecular weight excluding hydrogens is 380 g/mol. The van der Waals surface area contributed by atoms with Crippen molar-refractivity contribution < 1.29 is 4.52 Å². The Balaban J connectivity index is 1.61. The summed E-state index contributed by atoms with van der Waals surface area (Å²) in [6, 6.07) is 9.41. The molecule has 0 unspecified atom stereocenters. The first kappa shape index (κ1) is 17.9. The Morgan fingerprint density at radius 1 is 1.22 bits per heavy atom. The molecule has 0 fully saturated rings. The van der Waals surface area contributed by atoms with E-state index in [9.17, 15) is 4.79 Å². The number of para-hydroxylation sites is 1. The zero-order valence-electron chi connectivity index (χ0n) is 14.8. The van der Waals surface area contributed by atoms with Crippen LogP contribution in [0.5, 0.6) is 0 Å². The van der Waals surface area contributed by atoms with Crippen LogP contribution < -0.4 is 5.56 Å². The van der Waals surface area contributed by atoms with Crippen molar-refractivity contribution in [3.05, 3.63) is 57.3 Å². The molecule has 138 valence electrons. The third-order valence-electron chi connectivity index (χ3n) is 4.13. The molecule has 0 bridgehead atoms. The molecule has 0 aliphatic rings. The van der Waals surface area contributed by atoms with Gasteiger partial charge in [0.2, 0.25) is 11.7 Å². The van der Waals surface area contributed by atoms with Crippen molar-refractivity contribution >= 4 is 34.0 Å². The Labute approximate surface area is 164 Å². The van der Waals surface area contributed by atoms with Gasteiger partial charge in [-0.2, -0.15) is 16.3 Å². The number of nitrogens with zero attached hydrogens (tertiary/aromatic N) is 4. The molecule has 4 aromatic rings. The highest BCUT2D eigenvalue weighted by Crippen LogP contribution is 2.24. The molecule has 3 aromatic heterocycles. The van der Waals surface area contributed by atoms with Gasteiger partial charge >= 0.3 is 0 Å². The molecule has 0 saturated carbocycles. The number of thioether (sulfide) groups is 1. The Morgan fingerprint density at radius 3 is 2.93 bits per heavy atom. The average Bonchev–Trinajstić information content (AvgIpc) is 3.37. The minimum atomic E-state index is 0.000964. The lowest BCUT2D eigenvalue weighted by Crippen LogP contribution is -2.23. The van der Waals surface area contributed by atoms with Gasteiger partial charge in [-0.3, -0.25) is 9.36 Å². The van der Waals surface area contributed by atoms with Crippen molar-refractivity contribution in [3.8, 4) is 11.4 Å². The molecule has 0 spiro atoms. The van der Waals surface area contributed by atoms with Crippen molar-refractivity contribution in [2.45, 2.75) is 37.2 Å². The predicted octanol–water partition coefficient (Wildman–Crippen LogP) is 4.60. The Morgan fingerprint density at radius 2 is 2.11 bits per heavy atom. The summed E-state index contributed by atoms with van der Waals surface area (Å²) >= 11 is 3.04. The predicted molar refractivity (Wildman–Crippen MR) is 108 cm³/mol. The first-order chi connectivity index (χ1) is 13.3. The second-order valence-corrected chi connectivity index (χ2v) is 7.76. The SMILES string of the molecule is CCCCn1c(SCc2nc(-c3ccsc3)no2)nc2ccccc2c1=O. The fourth-order valence-corrected chi connectivity index (χ4v) is 4.22. The highest BCUT2D eigenvalue weighted by molar-refractivity contribution is 7.98.